The number of nitriles is 2. The van der Waals surface area contributed by atoms with Gasteiger partial charge in [-0.2, -0.15) is 10.5 Å². The molecule has 0 aliphatic rings. The van der Waals surface area contributed by atoms with Gasteiger partial charge in [0.1, 0.15) is 0 Å². The van der Waals surface area contributed by atoms with E-state index in [1.807, 2.05) is 0 Å². The number of hydrogen-bond donors (Lipinski definition) is 0. The van der Waals surface area contributed by atoms with Crippen molar-refractivity contribution in [2.24, 2.45) is 5.92 Å². The molecule has 0 heterocycles. The summed E-state index contributed by atoms with van der Waals surface area (Å²) in [5, 5.41) is 17.8. The molecule has 4 heteroatoms. The Balaban J connectivity index is 4.80. The van der Waals surface area contributed by atoms with Gasteiger partial charge in [-0.3, -0.25) is 0 Å². The van der Waals surface area contributed by atoms with Crippen molar-refractivity contribution in [1.82, 2.24) is 9.80 Å². The average molecular weight is 276 g/mol. The molecule has 0 saturated heterocycles. The molecule has 0 rings (SSSR count). The van der Waals surface area contributed by atoms with E-state index in [4.69, 9.17) is 10.5 Å². The first-order valence-electron chi connectivity index (χ1n) is 7.17. The third kappa shape index (κ3) is 6.59. The summed E-state index contributed by atoms with van der Waals surface area (Å²) in [6.07, 6.45) is 3.54. The molecular weight excluding hydrogens is 248 g/mol. The van der Waals surface area contributed by atoms with E-state index in [1.165, 1.54) is 11.1 Å². The van der Waals surface area contributed by atoms with Crippen LogP contribution in [-0.4, -0.2) is 43.0 Å². The molecule has 0 radical (unpaired) electrons. The number of rotatable bonds is 8. The lowest BCUT2D eigenvalue weighted by molar-refractivity contribution is 0.244. The van der Waals surface area contributed by atoms with E-state index in [1.54, 1.807) is 11.9 Å². The Hall–Kier alpha value is -1.52. The smallest absolute Gasteiger partial charge is 0.179 e. The summed E-state index contributed by atoms with van der Waals surface area (Å²) < 4.78 is 0. The molecule has 0 bridgehead atoms. The van der Waals surface area contributed by atoms with Gasteiger partial charge in [-0.1, -0.05) is 11.1 Å². The summed E-state index contributed by atoms with van der Waals surface area (Å²) in [7, 11) is 3.89. The van der Waals surface area contributed by atoms with E-state index in [0.29, 0.717) is 12.5 Å². The highest BCUT2D eigenvalue weighted by molar-refractivity contribution is 5.15. The van der Waals surface area contributed by atoms with Crippen LogP contribution < -0.4 is 0 Å². The normalized spacial score (nSPS) is 13.7. The Morgan fingerprint density at radius 3 is 2.20 bits per heavy atom. The van der Waals surface area contributed by atoms with Gasteiger partial charge in [-0.15, -0.1) is 0 Å². The van der Waals surface area contributed by atoms with Gasteiger partial charge in [0.2, 0.25) is 0 Å². The van der Waals surface area contributed by atoms with Crippen LogP contribution >= 0.6 is 0 Å². The molecule has 1 unspecified atom stereocenters. The highest BCUT2D eigenvalue weighted by Gasteiger charge is 2.17. The average Bonchev–Trinajstić information content (AvgIpc) is 2.42. The van der Waals surface area contributed by atoms with Crippen LogP contribution in [0.3, 0.4) is 0 Å². The SMILES string of the molecule is C/C(CCN(C)C#N)=C(\C)C(CC#N)CN(C)C(C)C. The molecule has 0 aliphatic carbocycles. The summed E-state index contributed by atoms with van der Waals surface area (Å²) in [4.78, 5) is 3.91. The van der Waals surface area contributed by atoms with Crippen molar-refractivity contribution in [3.8, 4) is 12.3 Å². The molecule has 0 aliphatic heterocycles. The van der Waals surface area contributed by atoms with Gasteiger partial charge in [-0.05, 0) is 41.2 Å². The molecule has 0 spiro atoms. The highest BCUT2D eigenvalue weighted by Crippen LogP contribution is 2.22. The minimum absolute atomic E-state index is 0.278. The Kier molecular flexibility index (Phi) is 8.68. The summed E-state index contributed by atoms with van der Waals surface area (Å²) in [6.45, 7) is 10.2. The van der Waals surface area contributed by atoms with E-state index in [9.17, 15) is 0 Å². The third-order valence-corrected chi connectivity index (χ3v) is 4.01. The third-order valence-electron chi connectivity index (χ3n) is 4.01. The van der Waals surface area contributed by atoms with Gasteiger partial charge in [0.05, 0.1) is 6.07 Å². The Bertz CT molecular complexity index is 398. The lowest BCUT2D eigenvalue weighted by atomic mass is 9.91. The van der Waals surface area contributed by atoms with Crippen LogP contribution in [0.1, 0.15) is 40.5 Å². The van der Waals surface area contributed by atoms with Crippen molar-refractivity contribution in [3.05, 3.63) is 11.1 Å². The predicted octanol–water partition coefficient (Wildman–Crippen LogP) is 3.00. The second-order valence-electron chi connectivity index (χ2n) is 5.83. The topological polar surface area (TPSA) is 54.1 Å². The van der Waals surface area contributed by atoms with Crippen molar-refractivity contribution in [2.45, 2.75) is 46.6 Å². The first-order valence-corrected chi connectivity index (χ1v) is 7.17. The molecular formula is C16H28N4. The maximum absolute atomic E-state index is 9.03. The van der Waals surface area contributed by atoms with E-state index in [0.717, 1.165) is 19.5 Å². The van der Waals surface area contributed by atoms with E-state index in [2.05, 4.69) is 51.9 Å². The summed E-state index contributed by atoms with van der Waals surface area (Å²) >= 11 is 0. The molecule has 0 aromatic rings. The quantitative estimate of drug-likeness (QED) is 0.388. The second-order valence-corrected chi connectivity index (χ2v) is 5.83. The van der Waals surface area contributed by atoms with Crippen LogP contribution in [0.5, 0.6) is 0 Å². The van der Waals surface area contributed by atoms with Gasteiger partial charge < -0.3 is 9.80 Å². The van der Waals surface area contributed by atoms with Crippen LogP contribution in [0.25, 0.3) is 0 Å². The van der Waals surface area contributed by atoms with Crippen LogP contribution in [0.4, 0.5) is 0 Å². The standard InChI is InChI=1S/C16H28N4/c1-13(2)20(6)11-16(7-9-17)15(4)14(3)8-10-19(5)12-18/h13,16H,7-8,10-11H2,1-6H3/b15-14-. The van der Waals surface area contributed by atoms with E-state index < -0.39 is 0 Å². The lowest BCUT2D eigenvalue weighted by Gasteiger charge is -2.27. The van der Waals surface area contributed by atoms with Gasteiger partial charge in [0.15, 0.2) is 6.19 Å². The second kappa shape index (κ2) is 9.39. The van der Waals surface area contributed by atoms with Crippen LogP contribution in [0, 0.1) is 28.7 Å². The Labute approximate surface area is 124 Å². The zero-order valence-corrected chi connectivity index (χ0v) is 13.8. The van der Waals surface area contributed by atoms with Crippen LogP contribution in [0.15, 0.2) is 11.1 Å². The fraction of sp³-hybridized carbons (Fsp3) is 0.750. The van der Waals surface area contributed by atoms with E-state index >= 15 is 0 Å². The Morgan fingerprint density at radius 1 is 1.15 bits per heavy atom. The summed E-state index contributed by atoms with van der Waals surface area (Å²) in [6, 6.07) is 2.78. The largest absolute Gasteiger partial charge is 0.313 e. The van der Waals surface area contributed by atoms with Crippen molar-refractivity contribution in [3.63, 3.8) is 0 Å². The summed E-state index contributed by atoms with van der Waals surface area (Å²) in [5.74, 6) is 0.278. The zero-order chi connectivity index (χ0) is 15.7. The van der Waals surface area contributed by atoms with Gasteiger partial charge in [0.25, 0.3) is 0 Å². The maximum atomic E-state index is 9.03. The molecule has 1 atom stereocenters. The molecule has 0 aromatic heterocycles. The number of hydrogen-bond acceptors (Lipinski definition) is 4. The molecule has 0 amide bonds. The van der Waals surface area contributed by atoms with Crippen LogP contribution in [-0.2, 0) is 0 Å². The first kappa shape index (κ1) is 18.5. The minimum Gasteiger partial charge on any atom is -0.313 e. The molecule has 0 saturated carbocycles. The van der Waals surface area contributed by atoms with E-state index in [-0.39, 0.29) is 5.92 Å². The Morgan fingerprint density at radius 2 is 1.75 bits per heavy atom. The first-order chi connectivity index (χ1) is 9.33. The van der Waals surface area contributed by atoms with Crippen molar-refractivity contribution < 1.29 is 0 Å². The zero-order valence-electron chi connectivity index (χ0n) is 13.8. The predicted molar refractivity (Wildman–Crippen MR) is 82.7 cm³/mol. The fourth-order valence-corrected chi connectivity index (χ4v) is 1.95. The van der Waals surface area contributed by atoms with Crippen molar-refractivity contribution in [2.75, 3.05) is 27.2 Å². The molecule has 20 heavy (non-hydrogen) atoms. The van der Waals surface area contributed by atoms with Crippen molar-refractivity contribution >= 4 is 0 Å². The lowest BCUT2D eigenvalue weighted by Crippen LogP contribution is -2.32. The molecule has 0 aromatic carbocycles. The monoisotopic (exact) mass is 276 g/mol. The molecule has 4 nitrogen and oxygen atoms in total. The fourth-order valence-electron chi connectivity index (χ4n) is 1.95. The molecule has 0 N–H and O–H groups in total. The van der Waals surface area contributed by atoms with Crippen LogP contribution in [0.2, 0.25) is 0 Å². The minimum atomic E-state index is 0.278. The number of nitrogens with zero attached hydrogens (tertiary/aromatic N) is 4. The van der Waals surface area contributed by atoms with Gasteiger partial charge in [0, 0.05) is 38.5 Å². The van der Waals surface area contributed by atoms with Crippen molar-refractivity contribution in [1.29, 1.82) is 10.5 Å². The molecule has 0 fully saturated rings. The maximum Gasteiger partial charge on any atom is 0.179 e. The van der Waals surface area contributed by atoms with Gasteiger partial charge in [-0.25, -0.2) is 0 Å². The highest BCUT2D eigenvalue weighted by atomic mass is 15.1. The summed E-state index contributed by atoms with van der Waals surface area (Å²) in [5.41, 5.74) is 2.59. The van der Waals surface area contributed by atoms with Gasteiger partial charge >= 0.3 is 0 Å². The molecule has 112 valence electrons.